The summed E-state index contributed by atoms with van der Waals surface area (Å²) in [5.74, 6) is -0.562. The van der Waals surface area contributed by atoms with Crippen LogP contribution in [-0.2, 0) is 4.79 Å². The fourth-order valence-corrected chi connectivity index (χ4v) is 3.38. The molecular weight excluding hydrogens is 351 g/mol. The molecule has 0 aromatic heterocycles. The Hall–Kier alpha value is -2.68. The van der Waals surface area contributed by atoms with Crippen LogP contribution in [0.1, 0.15) is 31.9 Å². The fraction of sp³-hybridized carbons (Fsp3) is 0.353. The van der Waals surface area contributed by atoms with E-state index in [9.17, 15) is 28.1 Å². The molecule has 1 aliphatic rings. The van der Waals surface area contributed by atoms with E-state index in [0.29, 0.717) is 5.39 Å². The van der Waals surface area contributed by atoms with Crippen LogP contribution >= 0.6 is 0 Å². The number of benzene rings is 2. The molecule has 1 N–H and O–H groups in total. The number of hydrazine groups is 1. The van der Waals surface area contributed by atoms with Crippen molar-refractivity contribution in [3.8, 4) is 0 Å². The summed E-state index contributed by atoms with van der Waals surface area (Å²) in [4.78, 5) is 22.5. The highest BCUT2D eigenvalue weighted by Gasteiger charge is 2.55. The monoisotopic (exact) mass is 367 g/mol. The molecule has 0 radical (unpaired) electrons. The molecule has 2 aromatic carbocycles. The van der Waals surface area contributed by atoms with Crippen LogP contribution in [0.4, 0.5) is 18.9 Å². The third-order valence-corrected chi connectivity index (χ3v) is 4.47. The van der Waals surface area contributed by atoms with E-state index in [0.717, 1.165) is 11.1 Å². The highest BCUT2D eigenvalue weighted by Crippen LogP contribution is 2.46. The number of hydrogen-bond acceptors (Lipinski definition) is 4. The Balaban J connectivity index is 2.28. The van der Waals surface area contributed by atoms with E-state index in [1.165, 1.54) is 32.0 Å². The van der Waals surface area contributed by atoms with Gasteiger partial charge in [0.1, 0.15) is 0 Å². The molecule has 1 amide bonds. The van der Waals surface area contributed by atoms with Gasteiger partial charge < -0.3 is 0 Å². The van der Waals surface area contributed by atoms with Gasteiger partial charge in [-0.25, -0.2) is 0 Å². The van der Waals surface area contributed by atoms with Crippen molar-refractivity contribution in [3.63, 3.8) is 0 Å². The van der Waals surface area contributed by atoms with Crippen molar-refractivity contribution in [3.05, 3.63) is 52.1 Å². The Bertz CT molecular complexity index is 896. The minimum absolute atomic E-state index is 0.118. The van der Waals surface area contributed by atoms with E-state index in [2.05, 4.69) is 5.43 Å². The van der Waals surface area contributed by atoms with Crippen LogP contribution in [0.5, 0.6) is 0 Å². The standard InChI is InChI=1S/C17H16F3N3O3/c1-16(2)9-13(24)21-22(16)15(17(18,19)20)12-8-7-10-5-3-4-6-11(10)14(12)23(25)26/h3-8,15H,9H2,1-2H3,(H,21,24)/t15-/m0/s1. The van der Waals surface area contributed by atoms with Gasteiger partial charge in [0, 0.05) is 12.0 Å². The van der Waals surface area contributed by atoms with Gasteiger partial charge in [-0.3, -0.25) is 20.3 Å². The largest absolute Gasteiger partial charge is 0.410 e. The summed E-state index contributed by atoms with van der Waals surface area (Å²) >= 11 is 0. The van der Waals surface area contributed by atoms with Crippen LogP contribution < -0.4 is 5.43 Å². The number of fused-ring (bicyclic) bond motifs is 1. The van der Waals surface area contributed by atoms with Crippen molar-refractivity contribution in [1.29, 1.82) is 0 Å². The van der Waals surface area contributed by atoms with Crippen LogP contribution in [0, 0.1) is 10.1 Å². The molecular formula is C17H16F3N3O3. The van der Waals surface area contributed by atoms with Crippen LogP contribution in [0.3, 0.4) is 0 Å². The zero-order chi connectivity index (χ0) is 19.3. The summed E-state index contributed by atoms with van der Waals surface area (Å²) in [6.45, 7) is 2.97. The maximum atomic E-state index is 14.0. The van der Waals surface area contributed by atoms with Gasteiger partial charge in [-0.05, 0) is 31.4 Å². The molecule has 0 saturated carbocycles. The SMILES string of the molecule is CC1(C)CC(=O)NN1[C@@H](c1ccc2ccccc2c1[N+](=O)[O-])C(F)(F)F. The number of carbonyl (C=O) groups excluding carboxylic acids is 1. The van der Waals surface area contributed by atoms with Crippen LogP contribution in [0.15, 0.2) is 36.4 Å². The number of carbonyl (C=O) groups is 1. The van der Waals surface area contributed by atoms with Crippen molar-refractivity contribution in [1.82, 2.24) is 10.4 Å². The molecule has 138 valence electrons. The molecule has 1 saturated heterocycles. The first-order valence-electron chi connectivity index (χ1n) is 7.84. The summed E-state index contributed by atoms with van der Waals surface area (Å²) in [5.41, 5.74) is -0.0529. The molecule has 0 unspecified atom stereocenters. The number of halogens is 3. The van der Waals surface area contributed by atoms with E-state index >= 15 is 0 Å². The Morgan fingerprint density at radius 3 is 2.42 bits per heavy atom. The van der Waals surface area contributed by atoms with Gasteiger partial charge in [-0.1, -0.05) is 24.3 Å². The summed E-state index contributed by atoms with van der Waals surface area (Å²) in [6, 6.07) is 6.38. The molecule has 0 bridgehead atoms. The number of nitrogens with one attached hydrogen (secondary N) is 1. The van der Waals surface area contributed by atoms with E-state index in [4.69, 9.17) is 0 Å². The molecule has 26 heavy (non-hydrogen) atoms. The third kappa shape index (κ3) is 2.98. The zero-order valence-corrected chi connectivity index (χ0v) is 14.0. The van der Waals surface area contributed by atoms with Crippen molar-refractivity contribution >= 4 is 22.4 Å². The van der Waals surface area contributed by atoms with Gasteiger partial charge in [0.15, 0.2) is 6.04 Å². The molecule has 3 rings (SSSR count). The first kappa shape index (κ1) is 18.1. The van der Waals surface area contributed by atoms with Crippen molar-refractivity contribution in [2.24, 2.45) is 0 Å². The Labute approximate surface area is 146 Å². The van der Waals surface area contributed by atoms with Gasteiger partial charge in [0.2, 0.25) is 5.91 Å². The van der Waals surface area contributed by atoms with Gasteiger partial charge in [0.05, 0.1) is 15.9 Å². The number of nitrogens with zero attached hydrogens (tertiary/aromatic N) is 2. The second-order valence-corrected chi connectivity index (χ2v) is 6.82. The van der Waals surface area contributed by atoms with Crippen LogP contribution in [0.2, 0.25) is 0 Å². The minimum Gasteiger partial charge on any atom is -0.287 e. The molecule has 1 fully saturated rings. The smallest absolute Gasteiger partial charge is 0.287 e. The summed E-state index contributed by atoms with van der Waals surface area (Å²) in [6.07, 6.45) is -4.97. The number of nitro groups is 1. The molecule has 9 heteroatoms. The topological polar surface area (TPSA) is 75.5 Å². The maximum absolute atomic E-state index is 14.0. The van der Waals surface area contributed by atoms with Crippen LogP contribution in [0.25, 0.3) is 10.8 Å². The normalized spacial score (nSPS) is 18.7. The summed E-state index contributed by atoms with van der Waals surface area (Å²) in [5, 5.41) is 13.0. The number of alkyl halides is 3. The first-order chi connectivity index (χ1) is 12.0. The lowest BCUT2D eigenvalue weighted by Gasteiger charge is -2.37. The highest BCUT2D eigenvalue weighted by molar-refractivity contribution is 5.92. The van der Waals surface area contributed by atoms with Crippen molar-refractivity contribution in [2.45, 2.75) is 38.0 Å². The molecule has 1 aliphatic heterocycles. The zero-order valence-electron chi connectivity index (χ0n) is 14.0. The predicted molar refractivity (Wildman–Crippen MR) is 88.1 cm³/mol. The number of amides is 1. The Morgan fingerprint density at radius 2 is 1.88 bits per heavy atom. The third-order valence-electron chi connectivity index (χ3n) is 4.47. The van der Waals surface area contributed by atoms with Crippen molar-refractivity contribution in [2.75, 3.05) is 0 Å². The quantitative estimate of drug-likeness (QED) is 0.660. The Morgan fingerprint density at radius 1 is 1.23 bits per heavy atom. The lowest BCUT2D eigenvalue weighted by atomic mass is 9.94. The lowest BCUT2D eigenvalue weighted by molar-refractivity contribution is -0.385. The average molecular weight is 367 g/mol. The highest BCUT2D eigenvalue weighted by atomic mass is 19.4. The second-order valence-electron chi connectivity index (χ2n) is 6.82. The van der Waals surface area contributed by atoms with Crippen molar-refractivity contribution < 1.29 is 22.9 Å². The van der Waals surface area contributed by atoms with E-state index in [1.54, 1.807) is 12.1 Å². The second kappa shape index (κ2) is 5.94. The molecule has 1 heterocycles. The molecule has 0 spiro atoms. The number of hydrogen-bond donors (Lipinski definition) is 1. The van der Waals surface area contributed by atoms with E-state index in [-0.39, 0.29) is 11.8 Å². The fourth-order valence-electron chi connectivity index (χ4n) is 3.38. The molecule has 2 aromatic rings. The molecule has 0 aliphatic carbocycles. The minimum atomic E-state index is -4.83. The number of nitro benzene ring substituents is 1. The van der Waals surface area contributed by atoms with Crippen LogP contribution in [-0.4, -0.2) is 27.6 Å². The average Bonchev–Trinajstić information content (AvgIpc) is 2.77. The van der Waals surface area contributed by atoms with Gasteiger partial charge in [0.25, 0.3) is 5.69 Å². The number of rotatable bonds is 3. The molecule has 1 atom stereocenters. The van der Waals surface area contributed by atoms with E-state index < -0.39 is 39.8 Å². The summed E-state index contributed by atoms with van der Waals surface area (Å²) in [7, 11) is 0. The summed E-state index contributed by atoms with van der Waals surface area (Å²) < 4.78 is 41.9. The first-order valence-corrected chi connectivity index (χ1v) is 7.84. The lowest BCUT2D eigenvalue weighted by Crippen LogP contribution is -2.51. The van der Waals surface area contributed by atoms with Gasteiger partial charge in [-0.15, -0.1) is 0 Å². The van der Waals surface area contributed by atoms with Gasteiger partial charge >= 0.3 is 6.18 Å². The van der Waals surface area contributed by atoms with E-state index in [1.807, 2.05) is 0 Å². The predicted octanol–water partition coefficient (Wildman–Crippen LogP) is 3.87. The van der Waals surface area contributed by atoms with Gasteiger partial charge in [-0.2, -0.15) is 18.2 Å². The molecule has 6 nitrogen and oxygen atoms in total. The Kier molecular flexibility index (Phi) is 4.14. The maximum Gasteiger partial charge on any atom is 0.410 e.